The molecule has 2 atom stereocenters. The summed E-state index contributed by atoms with van der Waals surface area (Å²) in [5.41, 5.74) is 0.237. The van der Waals surface area contributed by atoms with E-state index in [1.165, 1.54) is 6.42 Å². The predicted molar refractivity (Wildman–Crippen MR) is 103 cm³/mol. The van der Waals surface area contributed by atoms with Crippen molar-refractivity contribution in [3.63, 3.8) is 0 Å². The molecule has 5 heteroatoms. The van der Waals surface area contributed by atoms with Crippen LogP contribution < -0.4 is 5.32 Å². The molecule has 2 fully saturated rings. The summed E-state index contributed by atoms with van der Waals surface area (Å²) in [5.74, 6) is 0.798. The second-order valence-electron chi connectivity index (χ2n) is 8.07. The summed E-state index contributed by atoms with van der Waals surface area (Å²) in [4.78, 5) is 30.0. The van der Waals surface area contributed by atoms with E-state index in [1.807, 2.05) is 54.1 Å². The van der Waals surface area contributed by atoms with Crippen molar-refractivity contribution >= 4 is 11.8 Å². The van der Waals surface area contributed by atoms with Gasteiger partial charge in [0.1, 0.15) is 0 Å². The van der Waals surface area contributed by atoms with E-state index in [2.05, 4.69) is 5.32 Å². The van der Waals surface area contributed by atoms with Gasteiger partial charge in [-0.25, -0.2) is 0 Å². The Morgan fingerprint density at radius 3 is 2.62 bits per heavy atom. The molecule has 1 aromatic rings. The minimum absolute atomic E-state index is 0.0380. The monoisotopic (exact) mass is 357 g/mol. The molecule has 26 heavy (non-hydrogen) atoms. The van der Waals surface area contributed by atoms with E-state index < -0.39 is 5.41 Å². The van der Waals surface area contributed by atoms with Crippen LogP contribution in [0.15, 0.2) is 30.3 Å². The maximum Gasteiger partial charge on any atom is 0.253 e. The van der Waals surface area contributed by atoms with Crippen LogP contribution in [0.25, 0.3) is 0 Å². The minimum Gasteiger partial charge on any atom is -0.342 e. The van der Waals surface area contributed by atoms with Crippen LogP contribution >= 0.6 is 0 Å². The van der Waals surface area contributed by atoms with E-state index in [4.69, 9.17) is 0 Å². The highest BCUT2D eigenvalue weighted by Crippen LogP contribution is 2.33. The summed E-state index contributed by atoms with van der Waals surface area (Å²) in [6.07, 6.45) is 3.99. The van der Waals surface area contributed by atoms with Gasteiger partial charge in [-0.05, 0) is 64.3 Å². The zero-order valence-electron chi connectivity index (χ0n) is 16.0. The Kier molecular flexibility index (Phi) is 5.97. The predicted octanol–water partition coefficient (Wildman–Crippen LogP) is 2.39. The van der Waals surface area contributed by atoms with E-state index in [1.54, 1.807) is 0 Å². The molecule has 2 aliphatic rings. The second-order valence-corrected chi connectivity index (χ2v) is 8.07. The lowest BCUT2D eigenvalue weighted by Gasteiger charge is -2.44. The van der Waals surface area contributed by atoms with Crippen LogP contribution in [0.3, 0.4) is 0 Å². The first-order valence-corrected chi connectivity index (χ1v) is 9.82. The van der Waals surface area contributed by atoms with Crippen LogP contribution in [0, 0.1) is 11.3 Å². The van der Waals surface area contributed by atoms with Gasteiger partial charge in [0.2, 0.25) is 5.91 Å². The van der Waals surface area contributed by atoms with Gasteiger partial charge in [-0.15, -0.1) is 0 Å². The maximum atomic E-state index is 13.3. The summed E-state index contributed by atoms with van der Waals surface area (Å²) in [5, 5.41) is 3.24. The number of hydrogen-bond donors (Lipinski definition) is 1. The van der Waals surface area contributed by atoms with E-state index in [0.29, 0.717) is 18.0 Å². The highest BCUT2D eigenvalue weighted by atomic mass is 16.2. The highest BCUT2D eigenvalue weighted by Gasteiger charge is 2.42. The second kappa shape index (κ2) is 8.21. The summed E-state index contributed by atoms with van der Waals surface area (Å²) in [6, 6.07) is 9.39. The number of likely N-dealkylation sites (tertiary alicyclic amines) is 2. The molecule has 2 heterocycles. The summed E-state index contributed by atoms with van der Waals surface area (Å²) in [7, 11) is 1.97. The molecule has 3 rings (SSSR count). The van der Waals surface area contributed by atoms with Crippen molar-refractivity contribution in [3.8, 4) is 0 Å². The van der Waals surface area contributed by atoms with Crippen LogP contribution in [0.2, 0.25) is 0 Å². The van der Waals surface area contributed by atoms with Crippen molar-refractivity contribution in [2.45, 2.75) is 32.6 Å². The maximum absolute atomic E-state index is 13.3. The largest absolute Gasteiger partial charge is 0.342 e. The lowest BCUT2D eigenvalue weighted by atomic mass is 9.79. The zero-order chi connectivity index (χ0) is 18.6. The number of carbonyl (C=O) groups is 2. The van der Waals surface area contributed by atoms with Gasteiger partial charge in [0.15, 0.2) is 0 Å². The summed E-state index contributed by atoms with van der Waals surface area (Å²) < 4.78 is 0. The SMILES string of the molecule is CNCC1CCCN(C(=O)C2(C)CCCN(C(=O)c3ccccc3)C2)C1. The van der Waals surface area contributed by atoms with Gasteiger partial charge in [-0.3, -0.25) is 9.59 Å². The number of nitrogens with one attached hydrogen (secondary N) is 1. The smallest absolute Gasteiger partial charge is 0.253 e. The standard InChI is InChI=1S/C21H31N3O2/c1-21(20(26)23-12-6-8-17(15-23)14-22-2)11-7-13-24(16-21)19(25)18-9-4-3-5-10-18/h3-5,9-10,17,22H,6-8,11-16H2,1-2H3. The summed E-state index contributed by atoms with van der Waals surface area (Å²) in [6.45, 7) is 5.94. The fourth-order valence-electron chi connectivity index (χ4n) is 4.44. The fraction of sp³-hybridized carbons (Fsp3) is 0.619. The molecule has 0 aromatic heterocycles. The molecule has 2 amide bonds. The average Bonchev–Trinajstić information content (AvgIpc) is 2.68. The molecule has 0 bridgehead atoms. The third-order valence-electron chi connectivity index (χ3n) is 5.82. The molecule has 1 aromatic carbocycles. The highest BCUT2D eigenvalue weighted by molar-refractivity contribution is 5.95. The van der Waals surface area contributed by atoms with Crippen molar-refractivity contribution in [1.82, 2.24) is 15.1 Å². The molecule has 0 radical (unpaired) electrons. The molecular formula is C21H31N3O2. The molecule has 0 spiro atoms. The van der Waals surface area contributed by atoms with Gasteiger partial charge in [-0.2, -0.15) is 0 Å². The fourth-order valence-corrected chi connectivity index (χ4v) is 4.44. The molecule has 0 aliphatic carbocycles. The van der Waals surface area contributed by atoms with Gasteiger partial charge in [-0.1, -0.05) is 18.2 Å². The third kappa shape index (κ3) is 4.09. The minimum atomic E-state index is -0.468. The number of hydrogen-bond acceptors (Lipinski definition) is 3. The van der Waals surface area contributed by atoms with Crippen molar-refractivity contribution in [3.05, 3.63) is 35.9 Å². The van der Waals surface area contributed by atoms with Crippen LogP contribution in [0.4, 0.5) is 0 Å². The number of nitrogens with zero attached hydrogens (tertiary/aromatic N) is 2. The van der Waals surface area contributed by atoms with Gasteiger partial charge in [0.05, 0.1) is 5.41 Å². The molecule has 2 aliphatic heterocycles. The van der Waals surface area contributed by atoms with E-state index >= 15 is 0 Å². The molecule has 1 N–H and O–H groups in total. The van der Waals surface area contributed by atoms with Gasteiger partial charge in [0.25, 0.3) is 5.91 Å². The lowest BCUT2D eigenvalue weighted by molar-refractivity contribution is -0.145. The van der Waals surface area contributed by atoms with Crippen molar-refractivity contribution in [2.75, 3.05) is 39.8 Å². The summed E-state index contributed by atoms with van der Waals surface area (Å²) >= 11 is 0. The topological polar surface area (TPSA) is 52.7 Å². The Bertz CT molecular complexity index is 631. The molecule has 2 saturated heterocycles. The normalized spacial score (nSPS) is 26.6. The third-order valence-corrected chi connectivity index (χ3v) is 5.82. The zero-order valence-corrected chi connectivity index (χ0v) is 16.0. The number of piperidine rings is 2. The molecule has 5 nitrogen and oxygen atoms in total. The Labute approximate surface area is 156 Å². The Hall–Kier alpha value is -1.88. The lowest BCUT2D eigenvalue weighted by Crippen LogP contribution is -2.55. The number of benzene rings is 1. The van der Waals surface area contributed by atoms with Crippen molar-refractivity contribution in [2.24, 2.45) is 11.3 Å². The van der Waals surface area contributed by atoms with Gasteiger partial charge < -0.3 is 15.1 Å². The quantitative estimate of drug-likeness (QED) is 0.900. The van der Waals surface area contributed by atoms with Crippen molar-refractivity contribution in [1.29, 1.82) is 0 Å². The first-order valence-electron chi connectivity index (χ1n) is 9.82. The van der Waals surface area contributed by atoms with E-state index in [0.717, 1.165) is 45.4 Å². The number of amides is 2. The van der Waals surface area contributed by atoms with Crippen molar-refractivity contribution < 1.29 is 9.59 Å². The molecule has 142 valence electrons. The Morgan fingerprint density at radius 1 is 1.15 bits per heavy atom. The first-order chi connectivity index (χ1) is 12.5. The van der Waals surface area contributed by atoms with Crippen LogP contribution in [0.5, 0.6) is 0 Å². The van der Waals surface area contributed by atoms with Crippen LogP contribution in [-0.4, -0.2) is 61.4 Å². The number of rotatable bonds is 4. The van der Waals surface area contributed by atoms with E-state index in [-0.39, 0.29) is 11.8 Å². The van der Waals surface area contributed by atoms with Crippen LogP contribution in [0.1, 0.15) is 43.0 Å². The average molecular weight is 357 g/mol. The Balaban J connectivity index is 1.68. The Morgan fingerprint density at radius 2 is 1.88 bits per heavy atom. The van der Waals surface area contributed by atoms with Gasteiger partial charge in [0, 0.05) is 31.7 Å². The molecule has 2 unspecified atom stereocenters. The van der Waals surface area contributed by atoms with E-state index in [9.17, 15) is 9.59 Å². The van der Waals surface area contributed by atoms with Crippen LogP contribution in [-0.2, 0) is 4.79 Å². The number of carbonyl (C=O) groups excluding carboxylic acids is 2. The van der Waals surface area contributed by atoms with Gasteiger partial charge >= 0.3 is 0 Å². The molecule has 0 saturated carbocycles. The molecular weight excluding hydrogens is 326 g/mol. The first kappa shape index (κ1) is 18.9.